The van der Waals surface area contributed by atoms with E-state index in [1.165, 1.54) is 7.11 Å². The van der Waals surface area contributed by atoms with Gasteiger partial charge in [0.15, 0.2) is 0 Å². The van der Waals surface area contributed by atoms with E-state index in [2.05, 4.69) is 4.98 Å². The van der Waals surface area contributed by atoms with Crippen LogP contribution in [0.15, 0.2) is 12.1 Å². The van der Waals surface area contributed by atoms with Crippen molar-refractivity contribution in [3.8, 4) is 5.88 Å². The van der Waals surface area contributed by atoms with Gasteiger partial charge in [-0.2, -0.15) is 0 Å². The number of nitrogens with zero attached hydrogens (tertiary/aromatic N) is 1. The Morgan fingerprint density at radius 3 is 2.58 bits per heavy atom. The molecule has 0 fully saturated rings. The molecular weight excluding hydrogens is 272 g/mol. The van der Waals surface area contributed by atoms with E-state index in [4.69, 9.17) is 14.8 Å². The number of rotatable bonds is 2. The van der Waals surface area contributed by atoms with Gasteiger partial charge in [-0.3, -0.25) is 0 Å². The van der Waals surface area contributed by atoms with Gasteiger partial charge >= 0.3 is 7.12 Å². The molecular formula is C6H7BINO3. The molecule has 4 nitrogen and oxygen atoms in total. The lowest BCUT2D eigenvalue weighted by Crippen LogP contribution is -2.32. The van der Waals surface area contributed by atoms with Crippen molar-refractivity contribution in [1.29, 1.82) is 0 Å². The van der Waals surface area contributed by atoms with E-state index in [9.17, 15) is 0 Å². The molecule has 0 bridgehead atoms. The molecule has 12 heavy (non-hydrogen) atoms. The van der Waals surface area contributed by atoms with Crippen LogP contribution in [0.5, 0.6) is 5.88 Å². The van der Waals surface area contributed by atoms with Crippen molar-refractivity contribution < 1.29 is 14.8 Å². The molecule has 2 N–H and O–H groups in total. The number of aromatic nitrogens is 1. The van der Waals surface area contributed by atoms with Gasteiger partial charge in [-0.05, 0) is 22.6 Å². The first kappa shape index (κ1) is 9.75. The van der Waals surface area contributed by atoms with Crippen LogP contribution in [-0.4, -0.2) is 29.3 Å². The number of halogens is 1. The summed E-state index contributed by atoms with van der Waals surface area (Å²) in [5, 5.41) is 17.7. The average Bonchev–Trinajstić information content (AvgIpc) is 2.03. The molecule has 0 atom stereocenters. The van der Waals surface area contributed by atoms with Gasteiger partial charge in [0.25, 0.3) is 0 Å². The first-order valence-corrected chi connectivity index (χ1v) is 4.29. The second-order valence-corrected chi connectivity index (χ2v) is 3.13. The van der Waals surface area contributed by atoms with Crippen molar-refractivity contribution in [3.05, 3.63) is 15.8 Å². The van der Waals surface area contributed by atoms with E-state index in [1.54, 1.807) is 12.1 Å². The fraction of sp³-hybridized carbons (Fsp3) is 0.167. The van der Waals surface area contributed by atoms with Crippen molar-refractivity contribution >= 4 is 35.2 Å². The van der Waals surface area contributed by atoms with Gasteiger partial charge in [0.2, 0.25) is 5.88 Å². The Morgan fingerprint density at radius 1 is 1.50 bits per heavy atom. The summed E-state index contributed by atoms with van der Waals surface area (Å²) < 4.78 is 5.38. The predicted molar refractivity (Wildman–Crippen MR) is 53.3 cm³/mol. The van der Waals surface area contributed by atoms with Crippen molar-refractivity contribution in [2.45, 2.75) is 0 Å². The minimum Gasteiger partial charge on any atom is -0.481 e. The zero-order valence-electron chi connectivity index (χ0n) is 6.36. The fourth-order valence-electron chi connectivity index (χ4n) is 0.735. The number of ether oxygens (including phenoxy) is 1. The molecule has 0 unspecified atom stereocenters. The standard InChI is InChI=1S/C6H7BINO3/c1-12-5-3-2-4(7(10)11)6(8)9-5/h2-3,10-11H,1H3. The molecule has 0 amide bonds. The van der Waals surface area contributed by atoms with Crippen LogP contribution in [0.2, 0.25) is 0 Å². The van der Waals surface area contributed by atoms with Gasteiger partial charge in [0, 0.05) is 11.5 Å². The smallest absolute Gasteiger partial charge is 0.481 e. The zero-order valence-corrected chi connectivity index (χ0v) is 8.52. The summed E-state index contributed by atoms with van der Waals surface area (Å²) >= 11 is 1.91. The van der Waals surface area contributed by atoms with Gasteiger partial charge in [0.1, 0.15) is 3.70 Å². The second kappa shape index (κ2) is 4.06. The topological polar surface area (TPSA) is 62.6 Å². The minimum atomic E-state index is -1.48. The Morgan fingerprint density at radius 2 is 2.17 bits per heavy atom. The lowest BCUT2D eigenvalue weighted by atomic mass is 9.82. The number of hydrogen-bond donors (Lipinski definition) is 2. The molecule has 0 aliphatic rings. The number of methoxy groups -OCH3 is 1. The molecule has 0 saturated heterocycles. The van der Waals surface area contributed by atoms with Crippen LogP contribution in [0, 0.1) is 3.70 Å². The minimum absolute atomic E-state index is 0.386. The van der Waals surface area contributed by atoms with Crippen LogP contribution in [0.1, 0.15) is 0 Å². The SMILES string of the molecule is COc1ccc(B(O)O)c(I)n1. The Labute approximate surface area is 83.9 Å². The third kappa shape index (κ3) is 2.08. The molecule has 1 aromatic rings. The lowest BCUT2D eigenvalue weighted by molar-refractivity contribution is 0.396. The van der Waals surface area contributed by atoms with Crippen LogP contribution in [0.4, 0.5) is 0 Å². The molecule has 6 heteroatoms. The first-order valence-electron chi connectivity index (χ1n) is 3.21. The largest absolute Gasteiger partial charge is 0.491 e. The molecule has 64 valence electrons. The van der Waals surface area contributed by atoms with E-state index in [1.807, 2.05) is 22.6 Å². The highest BCUT2D eigenvalue weighted by molar-refractivity contribution is 14.1. The van der Waals surface area contributed by atoms with E-state index >= 15 is 0 Å². The summed E-state index contributed by atoms with van der Waals surface area (Å²) in [6, 6.07) is 3.15. The summed E-state index contributed by atoms with van der Waals surface area (Å²) in [7, 11) is 0.0308. The van der Waals surface area contributed by atoms with Crippen LogP contribution in [-0.2, 0) is 0 Å². The molecule has 0 spiro atoms. The molecule has 0 aliphatic heterocycles. The Balaban J connectivity index is 3.03. The molecule has 1 rings (SSSR count). The first-order chi connectivity index (χ1) is 5.65. The highest BCUT2D eigenvalue weighted by atomic mass is 127. The zero-order chi connectivity index (χ0) is 9.14. The van der Waals surface area contributed by atoms with Crippen LogP contribution in [0.3, 0.4) is 0 Å². The van der Waals surface area contributed by atoms with Gasteiger partial charge in [-0.25, -0.2) is 4.98 Å². The monoisotopic (exact) mass is 279 g/mol. The summed E-state index contributed by atoms with van der Waals surface area (Å²) in [6.45, 7) is 0. The molecule has 1 aromatic heterocycles. The summed E-state index contributed by atoms with van der Waals surface area (Å²) in [5.74, 6) is 0.462. The Bertz CT molecular complexity index is 281. The van der Waals surface area contributed by atoms with Crippen LogP contribution >= 0.6 is 22.6 Å². The quantitative estimate of drug-likeness (QED) is 0.430. The maximum atomic E-state index is 8.84. The Hall–Kier alpha value is -0.335. The third-order valence-electron chi connectivity index (χ3n) is 1.34. The highest BCUT2D eigenvalue weighted by Crippen LogP contribution is 2.06. The molecule has 0 radical (unpaired) electrons. The summed E-state index contributed by atoms with van der Waals surface area (Å²) in [6.07, 6.45) is 0. The maximum Gasteiger partial charge on any atom is 0.491 e. The van der Waals surface area contributed by atoms with Crippen molar-refractivity contribution in [3.63, 3.8) is 0 Å². The van der Waals surface area contributed by atoms with Crippen molar-refractivity contribution in [2.75, 3.05) is 7.11 Å². The van der Waals surface area contributed by atoms with Crippen LogP contribution < -0.4 is 10.2 Å². The highest BCUT2D eigenvalue weighted by Gasteiger charge is 2.15. The summed E-state index contributed by atoms with van der Waals surface area (Å²) in [5.41, 5.74) is 0.386. The van der Waals surface area contributed by atoms with Gasteiger partial charge in [-0.15, -0.1) is 0 Å². The fourth-order valence-corrected chi connectivity index (χ4v) is 1.43. The lowest BCUT2D eigenvalue weighted by Gasteiger charge is -2.03. The van der Waals surface area contributed by atoms with E-state index in [-0.39, 0.29) is 0 Å². The van der Waals surface area contributed by atoms with Gasteiger partial charge < -0.3 is 14.8 Å². The van der Waals surface area contributed by atoms with Gasteiger partial charge in [0.05, 0.1) is 7.11 Å². The molecule has 0 aromatic carbocycles. The number of hydrogen-bond acceptors (Lipinski definition) is 4. The van der Waals surface area contributed by atoms with Crippen LogP contribution in [0.25, 0.3) is 0 Å². The molecule has 0 aliphatic carbocycles. The summed E-state index contributed by atoms with van der Waals surface area (Å²) in [4.78, 5) is 3.96. The maximum absolute atomic E-state index is 8.84. The van der Waals surface area contributed by atoms with E-state index < -0.39 is 7.12 Å². The molecule has 0 saturated carbocycles. The van der Waals surface area contributed by atoms with Crippen molar-refractivity contribution in [2.24, 2.45) is 0 Å². The van der Waals surface area contributed by atoms with E-state index in [0.717, 1.165) is 0 Å². The normalized spacial score (nSPS) is 9.67. The predicted octanol–water partition coefficient (Wildman–Crippen LogP) is -0.625. The average molecular weight is 279 g/mol. The second-order valence-electron chi connectivity index (χ2n) is 2.11. The van der Waals surface area contributed by atoms with E-state index in [0.29, 0.717) is 15.0 Å². The Kier molecular flexibility index (Phi) is 3.30. The third-order valence-corrected chi connectivity index (χ3v) is 2.20. The van der Waals surface area contributed by atoms with Gasteiger partial charge in [-0.1, -0.05) is 6.07 Å². The molecule has 1 heterocycles. The number of pyridine rings is 1. The van der Waals surface area contributed by atoms with Crippen molar-refractivity contribution in [1.82, 2.24) is 4.98 Å².